The highest BCUT2D eigenvalue weighted by Crippen LogP contribution is 2.29. The highest BCUT2D eigenvalue weighted by atomic mass is 14.2. The quantitative estimate of drug-likeness (QED) is 0.435. The molecule has 4 unspecified atom stereocenters. The molecule has 0 aliphatic heterocycles. The van der Waals surface area contributed by atoms with Crippen LogP contribution in [0.2, 0.25) is 0 Å². The van der Waals surface area contributed by atoms with Gasteiger partial charge in [0, 0.05) is 0 Å². The summed E-state index contributed by atoms with van der Waals surface area (Å²) in [6.07, 6.45) is 16.3. The van der Waals surface area contributed by atoms with Gasteiger partial charge in [-0.25, -0.2) is 0 Å². The molecule has 0 aromatic rings. The third kappa shape index (κ3) is 6.29. The van der Waals surface area contributed by atoms with Crippen LogP contribution in [0.15, 0.2) is 23.8 Å². The molecule has 0 radical (unpaired) electrons. The molecule has 1 aliphatic carbocycles. The first kappa shape index (κ1) is 17.5. The summed E-state index contributed by atoms with van der Waals surface area (Å²) in [5, 5.41) is 0. The Morgan fingerprint density at radius 1 is 0.950 bits per heavy atom. The lowest BCUT2D eigenvalue weighted by Crippen LogP contribution is -2.12. The Kier molecular flexibility index (Phi) is 8.26. The summed E-state index contributed by atoms with van der Waals surface area (Å²) in [6, 6.07) is 0. The Labute approximate surface area is 127 Å². The van der Waals surface area contributed by atoms with Gasteiger partial charge in [-0.1, -0.05) is 77.7 Å². The third-order valence-electron chi connectivity index (χ3n) is 5.52. The summed E-state index contributed by atoms with van der Waals surface area (Å²) < 4.78 is 0. The van der Waals surface area contributed by atoms with Crippen LogP contribution in [-0.4, -0.2) is 0 Å². The van der Waals surface area contributed by atoms with Gasteiger partial charge in [-0.15, -0.1) is 0 Å². The van der Waals surface area contributed by atoms with Crippen LogP contribution in [0.25, 0.3) is 0 Å². The molecule has 0 fully saturated rings. The van der Waals surface area contributed by atoms with E-state index in [2.05, 4.69) is 52.8 Å². The van der Waals surface area contributed by atoms with Crippen LogP contribution >= 0.6 is 0 Å². The lowest BCUT2D eigenvalue weighted by molar-refractivity contribution is 0.299. The molecular weight excluding hydrogens is 240 g/mol. The normalized spacial score (nSPS) is 21.1. The van der Waals surface area contributed by atoms with Gasteiger partial charge >= 0.3 is 0 Å². The standard InChI is InChI=1S/C20H36/c1-6-16(2)12-13-17(3)18(4)14-15-19(5)20-10-8-7-9-11-20/h7-8,10,16-19H,6,9,11-15H2,1-5H3. The molecule has 0 aromatic heterocycles. The third-order valence-corrected chi connectivity index (χ3v) is 5.52. The van der Waals surface area contributed by atoms with Crippen molar-refractivity contribution in [1.29, 1.82) is 0 Å². The van der Waals surface area contributed by atoms with E-state index in [9.17, 15) is 0 Å². The van der Waals surface area contributed by atoms with Crippen LogP contribution in [0, 0.1) is 23.7 Å². The van der Waals surface area contributed by atoms with Gasteiger partial charge in [-0.2, -0.15) is 0 Å². The van der Waals surface area contributed by atoms with Crippen LogP contribution < -0.4 is 0 Å². The monoisotopic (exact) mass is 276 g/mol. The second-order valence-corrected chi connectivity index (χ2v) is 7.23. The highest BCUT2D eigenvalue weighted by Gasteiger charge is 2.16. The number of hydrogen-bond donors (Lipinski definition) is 0. The van der Waals surface area contributed by atoms with E-state index in [0.717, 1.165) is 23.7 Å². The van der Waals surface area contributed by atoms with Crippen molar-refractivity contribution in [2.45, 2.75) is 79.6 Å². The van der Waals surface area contributed by atoms with Crippen molar-refractivity contribution in [3.63, 3.8) is 0 Å². The largest absolute Gasteiger partial charge is 0.0842 e. The minimum absolute atomic E-state index is 0.782. The van der Waals surface area contributed by atoms with Gasteiger partial charge in [-0.05, 0) is 49.4 Å². The summed E-state index contributed by atoms with van der Waals surface area (Å²) in [4.78, 5) is 0. The number of allylic oxidation sites excluding steroid dienone is 4. The van der Waals surface area contributed by atoms with Crippen molar-refractivity contribution in [2.75, 3.05) is 0 Å². The van der Waals surface area contributed by atoms with Crippen LogP contribution in [0.3, 0.4) is 0 Å². The molecule has 1 rings (SSSR count). The fraction of sp³-hybridized carbons (Fsp3) is 0.800. The van der Waals surface area contributed by atoms with Crippen LogP contribution in [-0.2, 0) is 0 Å². The Morgan fingerprint density at radius 3 is 2.15 bits per heavy atom. The molecule has 0 heterocycles. The SMILES string of the molecule is CCC(C)CCC(C)C(C)CCC(C)C1=CC=CCC1. The zero-order valence-corrected chi connectivity index (χ0v) is 14.5. The average Bonchev–Trinajstić information content (AvgIpc) is 2.50. The van der Waals surface area contributed by atoms with Gasteiger partial charge in [0.15, 0.2) is 0 Å². The summed E-state index contributed by atoms with van der Waals surface area (Å²) in [6.45, 7) is 12.0. The molecule has 0 saturated carbocycles. The predicted octanol–water partition coefficient (Wildman–Crippen LogP) is 6.78. The van der Waals surface area contributed by atoms with E-state index in [0.29, 0.717) is 0 Å². The Morgan fingerprint density at radius 2 is 1.60 bits per heavy atom. The first-order chi connectivity index (χ1) is 9.54. The Hall–Kier alpha value is -0.520. The van der Waals surface area contributed by atoms with Crippen molar-refractivity contribution in [3.8, 4) is 0 Å². The van der Waals surface area contributed by atoms with E-state index < -0.39 is 0 Å². The van der Waals surface area contributed by atoms with E-state index in [-0.39, 0.29) is 0 Å². The highest BCUT2D eigenvalue weighted by molar-refractivity contribution is 5.19. The van der Waals surface area contributed by atoms with Crippen molar-refractivity contribution in [1.82, 2.24) is 0 Å². The molecule has 0 heteroatoms. The molecule has 0 N–H and O–H groups in total. The zero-order chi connectivity index (χ0) is 15.0. The van der Waals surface area contributed by atoms with Gasteiger partial charge in [0.1, 0.15) is 0 Å². The minimum Gasteiger partial charge on any atom is -0.0842 e. The predicted molar refractivity (Wildman–Crippen MR) is 91.9 cm³/mol. The fourth-order valence-corrected chi connectivity index (χ4v) is 3.05. The van der Waals surface area contributed by atoms with Gasteiger partial charge in [-0.3, -0.25) is 0 Å². The molecule has 0 spiro atoms. The summed E-state index contributed by atoms with van der Waals surface area (Å²) >= 11 is 0. The van der Waals surface area contributed by atoms with Gasteiger partial charge in [0.2, 0.25) is 0 Å². The second kappa shape index (κ2) is 9.42. The lowest BCUT2D eigenvalue weighted by Gasteiger charge is -2.24. The molecule has 4 atom stereocenters. The molecule has 0 bridgehead atoms. The maximum absolute atomic E-state index is 2.46. The topological polar surface area (TPSA) is 0 Å². The summed E-state index contributed by atoms with van der Waals surface area (Å²) in [5.41, 5.74) is 1.67. The maximum atomic E-state index is 2.46. The minimum atomic E-state index is 0.782. The number of hydrogen-bond acceptors (Lipinski definition) is 0. The zero-order valence-electron chi connectivity index (χ0n) is 14.5. The van der Waals surface area contributed by atoms with E-state index in [1.165, 1.54) is 44.9 Å². The molecule has 0 amide bonds. The van der Waals surface area contributed by atoms with Crippen LogP contribution in [0.5, 0.6) is 0 Å². The molecule has 20 heavy (non-hydrogen) atoms. The van der Waals surface area contributed by atoms with E-state index in [1.54, 1.807) is 5.57 Å². The van der Waals surface area contributed by atoms with Crippen LogP contribution in [0.4, 0.5) is 0 Å². The summed E-state index contributed by atoms with van der Waals surface area (Å²) in [7, 11) is 0. The number of rotatable bonds is 9. The fourth-order valence-electron chi connectivity index (χ4n) is 3.05. The van der Waals surface area contributed by atoms with E-state index in [4.69, 9.17) is 0 Å². The smallest absolute Gasteiger partial charge is 0.0228 e. The van der Waals surface area contributed by atoms with Crippen molar-refractivity contribution in [2.24, 2.45) is 23.7 Å². The lowest BCUT2D eigenvalue weighted by atomic mass is 9.82. The molecule has 1 aliphatic rings. The van der Waals surface area contributed by atoms with Crippen LogP contribution in [0.1, 0.15) is 79.6 Å². The summed E-state index contributed by atoms with van der Waals surface area (Å²) in [5.74, 6) is 3.45. The second-order valence-electron chi connectivity index (χ2n) is 7.23. The molecule has 0 aromatic carbocycles. The van der Waals surface area contributed by atoms with E-state index >= 15 is 0 Å². The maximum Gasteiger partial charge on any atom is -0.0228 e. The molecule has 0 saturated heterocycles. The Bertz CT molecular complexity index is 310. The van der Waals surface area contributed by atoms with Crippen molar-refractivity contribution >= 4 is 0 Å². The first-order valence-corrected chi connectivity index (χ1v) is 8.90. The van der Waals surface area contributed by atoms with Gasteiger partial charge in [0.05, 0.1) is 0 Å². The van der Waals surface area contributed by atoms with Crippen molar-refractivity contribution < 1.29 is 0 Å². The molecule has 0 nitrogen and oxygen atoms in total. The van der Waals surface area contributed by atoms with Gasteiger partial charge in [0.25, 0.3) is 0 Å². The average molecular weight is 277 g/mol. The van der Waals surface area contributed by atoms with E-state index in [1.807, 2.05) is 0 Å². The first-order valence-electron chi connectivity index (χ1n) is 8.90. The van der Waals surface area contributed by atoms with Gasteiger partial charge < -0.3 is 0 Å². The Balaban J connectivity index is 2.25. The molecular formula is C20H36. The van der Waals surface area contributed by atoms with Crippen molar-refractivity contribution in [3.05, 3.63) is 23.8 Å². The molecule has 116 valence electrons.